The Bertz CT molecular complexity index is 708. The summed E-state index contributed by atoms with van der Waals surface area (Å²) in [5, 5.41) is 2.78. The second-order valence-corrected chi connectivity index (χ2v) is 8.38. The van der Waals surface area contributed by atoms with Crippen molar-refractivity contribution in [3.05, 3.63) is 29.3 Å². The molecule has 0 saturated carbocycles. The smallest absolute Gasteiger partial charge is 0.337 e. The predicted octanol–water partition coefficient (Wildman–Crippen LogP) is 3.10. The summed E-state index contributed by atoms with van der Waals surface area (Å²) in [5.74, 6) is -1.89. The fourth-order valence-electron chi connectivity index (χ4n) is 2.59. The molecule has 1 atom stereocenters. The van der Waals surface area contributed by atoms with Crippen molar-refractivity contribution in [1.29, 1.82) is 0 Å². The molecule has 10 heteroatoms. The summed E-state index contributed by atoms with van der Waals surface area (Å²) in [6.45, 7) is -0.363. The van der Waals surface area contributed by atoms with Crippen LogP contribution in [0.2, 0.25) is 5.02 Å². The molecule has 1 aliphatic rings. The van der Waals surface area contributed by atoms with Crippen molar-refractivity contribution in [3.8, 4) is 0 Å². The van der Waals surface area contributed by atoms with Crippen molar-refractivity contribution in [3.63, 3.8) is 0 Å². The molecule has 2 amide bonds. The maximum atomic E-state index is 12.8. The third-order valence-corrected chi connectivity index (χ3v) is 5.98. The van der Waals surface area contributed by atoms with Crippen LogP contribution < -0.4 is 5.32 Å². The Morgan fingerprint density at radius 2 is 1.92 bits per heavy atom. The molecule has 1 aliphatic heterocycles. The van der Waals surface area contributed by atoms with E-state index in [2.05, 4.69) is 5.32 Å². The lowest BCUT2D eigenvalue weighted by atomic mass is 9.98. The Kier molecular flexibility index (Phi) is 6.21. The lowest BCUT2D eigenvalue weighted by Crippen LogP contribution is -2.49. The van der Waals surface area contributed by atoms with E-state index >= 15 is 0 Å². The molecule has 1 saturated heterocycles. The highest BCUT2D eigenvalue weighted by molar-refractivity contribution is 7.91. The van der Waals surface area contributed by atoms with Gasteiger partial charge in [-0.25, -0.2) is 13.2 Å². The predicted molar refractivity (Wildman–Crippen MR) is 87.3 cm³/mol. The van der Waals surface area contributed by atoms with E-state index in [4.69, 9.17) is 11.6 Å². The van der Waals surface area contributed by atoms with Crippen LogP contribution in [0.15, 0.2) is 29.2 Å². The van der Waals surface area contributed by atoms with Crippen molar-refractivity contribution in [2.75, 3.05) is 25.4 Å². The molecule has 0 aliphatic carbocycles. The molecule has 1 aromatic rings. The van der Waals surface area contributed by atoms with Crippen molar-refractivity contribution in [2.45, 2.75) is 23.9 Å². The van der Waals surface area contributed by atoms with E-state index in [9.17, 15) is 26.4 Å². The van der Waals surface area contributed by atoms with Gasteiger partial charge in [-0.3, -0.25) is 0 Å². The highest BCUT2D eigenvalue weighted by atomic mass is 35.5. The Labute approximate surface area is 149 Å². The highest BCUT2D eigenvalue weighted by Gasteiger charge is 2.42. The molecule has 0 unspecified atom stereocenters. The summed E-state index contributed by atoms with van der Waals surface area (Å²) < 4.78 is 62.5. The first-order valence-electron chi connectivity index (χ1n) is 7.67. The number of urea groups is 1. The number of benzene rings is 1. The van der Waals surface area contributed by atoms with E-state index in [1.54, 1.807) is 0 Å². The van der Waals surface area contributed by atoms with Crippen LogP contribution in [-0.2, 0) is 9.84 Å². The molecule has 2 rings (SSSR count). The Morgan fingerprint density at radius 1 is 1.28 bits per heavy atom. The number of halogens is 4. The van der Waals surface area contributed by atoms with Gasteiger partial charge in [-0.15, -0.1) is 0 Å². The maximum absolute atomic E-state index is 12.8. The molecule has 1 aromatic carbocycles. The van der Waals surface area contributed by atoms with E-state index in [0.717, 1.165) is 4.90 Å². The average molecular weight is 399 g/mol. The molecule has 5 nitrogen and oxygen atoms in total. The first-order valence-corrected chi connectivity index (χ1v) is 9.70. The first-order chi connectivity index (χ1) is 11.6. The van der Waals surface area contributed by atoms with Gasteiger partial charge in [-0.2, -0.15) is 13.2 Å². The van der Waals surface area contributed by atoms with Crippen molar-refractivity contribution in [1.82, 2.24) is 10.2 Å². The van der Waals surface area contributed by atoms with Gasteiger partial charge in [0.05, 0.1) is 16.6 Å². The number of piperidine rings is 1. The van der Waals surface area contributed by atoms with Crippen LogP contribution in [0.25, 0.3) is 0 Å². The number of hydrogen-bond donors (Lipinski definition) is 1. The van der Waals surface area contributed by atoms with E-state index in [-0.39, 0.29) is 36.6 Å². The second-order valence-electron chi connectivity index (χ2n) is 5.83. The molecular weight excluding hydrogens is 381 g/mol. The van der Waals surface area contributed by atoms with Crippen molar-refractivity contribution < 1.29 is 26.4 Å². The number of carbonyl (C=O) groups excluding carboxylic acids is 1. The van der Waals surface area contributed by atoms with E-state index in [1.165, 1.54) is 24.3 Å². The van der Waals surface area contributed by atoms with Gasteiger partial charge in [0.1, 0.15) is 0 Å². The number of nitrogens with zero attached hydrogens (tertiary/aromatic N) is 1. The fourth-order valence-corrected chi connectivity index (χ4v) is 3.88. The second kappa shape index (κ2) is 7.82. The normalized spacial score (nSPS) is 18.9. The Balaban J connectivity index is 1.86. The number of alkyl halides is 3. The largest absolute Gasteiger partial charge is 0.393 e. The number of carbonyl (C=O) groups is 1. The van der Waals surface area contributed by atoms with Gasteiger partial charge in [0.15, 0.2) is 9.84 Å². The van der Waals surface area contributed by atoms with Crippen LogP contribution in [0, 0.1) is 5.92 Å². The zero-order chi connectivity index (χ0) is 18.7. The van der Waals surface area contributed by atoms with E-state index < -0.39 is 34.5 Å². The van der Waals surface area contributed by atoms with Gasteiger partial charge in [-0.1, -0.05) is 11.6 Å². The van der Waals surface area contributed by atoms with Gasteiger partial charge >= 0.3 is 12.2 Å². The van der Waals surface area contributed by atoms with Crippen LogP contribution in [0.1, 0.15) is 12.8 Å². The number of amides is 2. The maximum Gasteiger partial charge on any atom is 0.393 e. The van der Waals surface area contributed by atoms with E-state index in [0.29, 0.717) is 5.02 Å². The number of rotatable bonds is 4. The molecule has 25 heavy (non-hydrogen) atoms. The van der Waals surface area contributed by atoms with Crippen LogP contribution in [0.5, 0.6) is 0 Å². The Morgan fingerprint density at radius 3 is 2.52 bits per heavy atom. The third kappa shape index (κ3) is 5.50. The van der Waals surface area contributed by atoms with Gasteiger partial charge in [0.25, 0.3) is 0 Å². The van der Waals surface area contributed by atoms with Gasteiger partial charge in [0.2, 0.25) is 0 Å². The molecular formula is C15H18ClF3N2O3S. The van der Waals surface area contributed by atoms with Gasteiger partial charge in [-0.05, 0) is 37.1 Å². The quantitative estimate of drug-likeness (QED) is 0.847. The lowest BCUT2D eigenvalue weighted by Gasteiger charge is -2.33. The van der Waals surface area contributed by atoms with Crippen molar-refractivity contribution >= 4 is 27.5 Å². The fraction of sp³-hybridized carbons (Fsp3) is 0.533. The van der Waals surface area contributed by atoms with Crippen LogP contribution in [0.4, 0.5) is 18.0 Å². The van der Waals surface area contributed by atoms with Crippen LogP contribution in [-0.4, -0.2) is 50.9 Å². The number of sulfone groups is 1. The summed E-state index contributed by atoms with van der Waals surface area (Å²) >= 11 is 5.70. The molecule has 140 valence electrons. The number of hydrogen-bond acceptors (Lipinski definition) is 3. The van der Waals surface area contributed by atoms with Crippen LogP contribution >= 0.6 is 11.6 Å². The average Bonchev–Trinajstić information content (AvgIpc) is 2.54. The molecule has 0 aromatic heterocycles. The summed E-state index contributed by atoms with van der Waals surface area (Å²) in [6, 6.07) is 4.92. The number of likely N-dealkylation sites (tertiary alicyclic amines) is 1. The number of nitrogens with one attached hydrogen (secondary N) is 1. The van der Waals surface area contributed by atoms with Gasteiger partial charge < -0.3 is 10.2 Å². The molecule has 1 N–H and O–H groups in total. The molecule has 0 spiro atoms. The third-order valence-electron chi connectivity index (χ3n) is 3.99. The summed E-state index contributed by atoms with van der Waals surface area (Å²) in [5.41, 5.74) is 0. The molecule has 1 fully saturated rings. The standard InChI is InChI=1S/C15H18ClF3N2O3S/c16-12-3-5-13(6-4-12)25(23,24)9-7-20-14(22)21-8-1-2-11(10-21)15(17,18)19/h3-6,11H,1-2,7-10H2,(H,20,22)/t11-/m0/s1. The monoisotopic (exact) mass is 398 g/mol. The first kappa shape index (κ1) is 19.8. The van der Waals surface area contributed by atoms with Crippen LogP contribution in [0.3, 0.4) is 0 Å². The van der Waals surface area contributed by atoms with E-state index in [1.807, 2.05) is 0 Å². The SMILES string of the molecule is O=C(NCCS(=O)(=O)c1ccc(Cl)cc1)N1CCC[C@H](C(F)(F)F)C1. The van der Waals surface area contributed by atoms with Crippen molar-refractivity contribution in [2.24, 2.45) is 5.92 Å². The minimum absolute atomic E-state index is 0.00176. The zero-order valence-electron chi connectivity index (χ0n) is 13.2. The lowest BCUT2D eigenvalue weighted by molar-refractivity contribution is -0.183. The molecule has 0 radical (unpaired) electrons. The minimum atomic E-state index is -4.34. The Hall–Kier alpha value is -1.48. The summed E-state index contributed by atoms with van der Waals surface area (Å²) in [7, 11) is -3.61. The summed E-state index contributed by atoms with van der Waals surface area (Å²) in [4.78, 5) is 13.1. The topological polar surface area (TPSA) is 66.5 Å². The molecule has 0 bridgehead atoms. The van der Waals surface area contributed by atoms with Gasteiger partial charge in [0, 0.05) is 24.7 Å². The summed E-state index contributed by atoms with van der Waals surface area (Å²) in [6.07, 6.45) is -4.07. The molecule has 1 heterocycles. The zero-order valence-corrected chi connectivity index (χ0v) is 14.8. The minimum Gasteiger partial charge on any atom is -0.337 e. The highest BCUT2D eigenvalue weighted by Crippen LogP contribution is 2.33.